The number of nitrogens with zero attached hydrogens (tertiary/aromatic N) is 2. The quantitative estimate of drug-likeness (QED) is 0.588. The predicted octanol–water partition coefficient (Wildman–Crippen LogP) is 2.70. The van der Waals surface area contributed by atoms with E-state index in [4.69, 9.17) is 17.5 Å². The van der Waals surface area contributed by atoms with Gasteiger partial charge in [-0.3, -0.25) is 4.79 Å². The van der Waals surface area contributed by atoms with E-state index in [1.54, 1.807) is 0 Å². The molecule has 0 unspecified atom stereocenters. The summed E-state index contributed by atoms with van der Waals surface area (Å²) >= 11 is 6.43. The van der Waals surface area contributed by atoms with Crippen molar-refractivity contribution in [2.24, 2.45) is 0 Å². The Labute approximate surface area is 91.6 Å². The van der Waals surface area contributed by atoms with E-state index in [1.807, 2.05) is 11.5 Å². The Morgan fingerprint density at radius 1 is 1.71 bits per heavy atom. The molecule has 1 aromatic rings. The van der Waals surface area contributed by atoms with Crippen LogP contribution >= 0.6 is 23.6 Å². The Balaban J connectivity index is 3.13. The average Bonchev–Trinajstić information content (AvgIpc) is 2.40. The van der Waals surface area contributed by atoms with E-state index in [9.17, 15) is 4.79 Å². The average molecular weight is 226 g/mol. The lowest BCUT2D eigenvalue weighted by Crippen LogP contribution is -2.01. The Kier molecular flexibility index (Phi) is 3.55. The topological polar surface area (TPSA) is 45.8 Å². The van der Waals surface area contributed by atoms with Gasteiger partial charge in [-0.15, -0.1) is 11.3 Å². The van der Waals surface area contributed by atoms with Crippen molar-refractivity contribution in [2.45, 2.75) is 26.8 Å². The number of ketones is 1. The van der Waals surface area contributed by atoms with Gasteiger partial charge in [-0.05, 0) is 19.1 Å². The fourth-order valence-electron chi connectivity index (χ4n) is 1.22. The zero-order chi connectivity index (χ0) is 10.7. The van der Waals surface area contributed by atoms with Crippen LogP contribution in [0.25, 0.3) is 0 Å². The zero-order valence-electron chi connectivity index (χ0n) is 8.03. The molecule has 0 N–H and O–H groups in total. The molecule has 74 valence electrons. The van der Waals surface area contributed by atoms with Gasteiger partial charge in [0, 0.05) is 19.2 Å². The standard InChI is InChI=1S/C9H10N2OS2/c1-6-8(7(2)12)14-9(13)11(6)5-3-4-10/h3,5H2,1-2H3. The highest BCUT2D eigenvalue weighted by atomic mass is 32.1. The molecule has 0 aliphatic rings. The Bertz CT molecular complexity index is 450. The van der Waals surface area contributed by atoms with Gasteiger partial charge < -0.3 is 4.57 Å². The van der Waals surface area contributed by atoms with E-state index < -0.39 is 0 Å². The number of rotatable bonds is 3. The Morgan fingerprint density at radius 2 is 2.36 bits per heavy atom. The maximum absolute atomic E-state index is 11.2. The molecule has 0 radical (unpaired) electrons. The number of hydrogen-bond donors (Lipinski definition) is 0. The molecular formula is C9H10N2OS2. The lowest BCUT2D eigenvalue weighted by atomic mass is 10.3. The molecule has 0 spiro atoms. The van der Waals surface area contributed by atoms with Gasteiger partial charge in [0.15, 0.2) is 9.74 Å². The highest BCUT2D eigenvalue weighted by Gasteiger charge is 2.11. The maximum atomic E-state index is 11.2. The summed E-state index contributed by atoms with van der Waals surface area (Å²) in [5, 5.41) is 8.46. The molecule has 0 saturated carbocycles. The van der Waals surface area contributed by atoms with E-state index in [0.717, 1.165) is 5.69 Å². The summed E-state index contributed by atoms with van der Waals surface area (Å²) in [6.45, 7) is 3.97. The van der Waals surface area contributed by atoms with Crippen LogP contribution in [-0.2, 0) is 6.54 Å². The lowest BCUT2D eigenvalue weighted by molar-refractivity contribution is 0.102. The number of hydrogen-bond acceptors (Lipinski definition) is 4. The van der Waals surface area contributed by atoms with Crippen molar-refractivity contribution < 1.29 is 4.79 Å². The van der Waals surface area contributed by atoms with Crippen molar-refractivity contribution in [3.05, 3.63) is 14.5 Å². The summed E-state index contributed by atoms with van der Waals surface area (Å²) in [5.41, 5.74) is 0.878. The van der Waals surface area contributed by atoms with Gasteiger partial charge >= 0.3 is 0 Å². The number of thiazole rings is 1. The third-order valence-corrected chi connectivity index (χ3v) is 3.56. The number of carbonyl (C=O) groups excluding carboxylic acids is 1. The normalized spacial score (nSPS) is 9.79. The van der Waals surface area contributed by atoms with Crippen molar-refractivity contribution in [3.63, 3.8) is 0 Å². The number of Topliss-reactive ketones (excluding diaryl/α,β-unsaturated/α-hetero) is 1. The molecular weight excluding hydrogens is 216 g/mol. The first-order valence-electron chi connectivity index (χ1n) is 4.16. The van der Waals surface area contributed by atoms with Crippen LogP contribution in [0.2, 0.25) is 0 Å². The predicted molar refractivity (Wildman–Crippen MR) is 58.1 cm³/mol. The van der Waals surface area contributed by atoms with E-state index in [1.165, 1.54) is 18.3 Å². The molecule has 0 atom stereocenters. The fraction of sp³-hybridized carbons (Fsp3) is 0.444. The second-order valence-corrected chi connectivity index (χ2v) is 4.54. The van der Waals surface area contributed by atoms with Crippen molar-refractivity contribution in [3.8, 4) is 6.07 Å². The van der Waals surface area contributed by atoms with Crippen LogP contribution < -0.4 is 0 Å². The molecule has 0 bridgehead atoms. The maximum Gasteiger partial charge on any atom is 0.171 e. The summed E-state index contributed by atoms with van der Waals surface area (Å²) in [6, 6.07) is 2.06. The van der Waals surface area contributed by atoms with Gasteiger partial charge in [-0.25, -0.2) is 0 Å². The molecule has 0 aliphatic heterocycles. The smallest absolute Gasteiger partial charge is 0.171 e. The second-order valence-electron chi connectivity index (χ2n) is 2.90. The molecule has 1 aromatic heterocycles. The highest BCUT2D eigenvalue weighted by Crippen LogP contribution is 2.19. The van der Waals surface area contributed by atoms with Crippen molar-refractivity contribution in [2.75, 3.05) is 0 Å². The Morgan fingerprint density at radius 3 is 2.79 bits per heavy atom. The molecule has 0 aromatic carbocycles. The van der Waals surface area contributed by atoms with Crippen molar-refractivity contribution in [1.29, 1.82) is 5.26 Å². The van der Waals surface area contributed by atoms with Crippen molar-refractivity contribution >= 4 is 29.3 Å². The van der Waals surface area contributed by atoms with E-state index in [0.29, 0.717) is 21.8 Å². The first-order chi connectivity index (χ1) is 6.57. The summed E-state index contributed by atoms with van der Waals surface area (Å²) < 4.78 is 2.52. The van der Waals surface area contributed by atoms with Crippen molar-refractivity contribution in [1.82, 2.24) is 4.57 Å². The molecule has 1 heterocycles. The first-order valence-corrected chi connectivity index (χ1v) is 5.38. The number of nitriles is 1. The van der Waals surface area contributed by atoms with Gasteiger partial charge in [-0.1, -0.05) is 0 Å². The third kappa shape index (κ3) is 2.08. The largest absolute Gasteiger partial charge is 0.326 e. The minimum Gasteiger partial charge on any atom is -0.326 e. The number of aromatic nitrogens is 1. The van der Waals surface area contributed by atoms with Crippen LogP contribution in [0.5, 0.6) is 0 Å². The second kappa shape index (κ2) is 4.49. The number of carbonyl (C=O) groups is 1. The summed E-state index contributed by atoms with van der Waals surface area (Å²) in [4.78, 5) is 11.9. The van der Waals surface area contributed by atoms with Gasteiger partial charge in [0.25, 0.3) is 0 Å². The summed E-state index contributed by atoms with van der Waals surface area (Å²) in [7, 11) is 0. The van der Waals surface area contributed by atoms with Crippen LogP contribution in [0.15, 0.2) is 0 Å². The van der Waals surface area contributed by atoms with Crippen LogP contribution in [-0.4, -0.2) is 10.4 Å². The van der Waals surface area contributed by atoms with Crippen LogP contribution in [0.1, 0.15) is 28.7 Å². The summed E-state index contributed by atoms with van der Waals surface area (Å²) in [6.07, 6.45) is 0.420. The third-order valence-electron chi connectivity index (χ3n) is 1.91. The van der Waals surface area contributed by atoms with E-state index in [2.05, 4.69) is 6.07 Å². The fourth-order valence-corrected chi connectivity index (χ4v) is 2.62. The van der Waals surface area contributed by atoms with Gasteiger partial charge in [0.1, 0.15) is 0 Å². The van der Waals surface area contributed by atoms with Gasteiger partial charge in [0.05, 0.1) is 17.4 Å². The molecule has 0 fully saturated rings. The van der Waals surface area contributed by atoms with Crippen LogP contribution in [0.4, 0.5) is 0 Å². The summed E-state index contributed by atoms with van der Waals surface area (Å²) in [5.74, 6) is 0.0364. The van der Waals surface area contributed by atoms with E-state index in [-0.39, 0.29) is 5.78 Å². The Hall–Kier alpha value is -0.990. The van der Waals surface area contributed by atoms with E-state index >= 15 is 0 Å². The van der Waals surface area contributed by atoms with Gasteiger partial charge in [-0.2, -0.15) is 5.26 Å². The van der Waals surface area contributed by atoms with Crippen LogP contribution in [0.3, 0.4) is 0 Å². The van der Waals surface area contributed by atoms with Gasteiger partial charge in [0.2, 0.25) is 0 Å². The van der Waals surface area contributed by atoms with Crippen LogP contribution in [0, 0.1) is 22.2 Å². The lowest BCUT2D eigenvalue weighted by Gasteiger charge is -2.01. The minimum atomic E-state index is 0.0364. The first kappa shape index (κ1) is 11.1. The molecule has 5 heteroatoms. The highest BCUT2D eigenvalue weighted by molar-refractivity contribution is 7.73. The molecule has 14 heavy (non-hydrogen) atoms. The minimum absolute atomic E-state index is 0.0364. The zero-order valence-corrected chi connectivity index (χ0v) is 9.67. The molecule has 0 saturated heterocycles. The molecule has 3 nitrogen and oxygen atoms in total. The molecule has 0 amide bonds. The SMILES string of the molecule is CC(=O)c1sc(=S)n(CCC#N)c1C. The monoisotopic (exact) mass is 226 g/mol. The molecule has 1 rings (SSSR count). The molecule has 0 aliphatic carbocycles.